The van der Waals surface area contributed by atoms with E-state index in [4.69, 9.17) is 0 Å². The summed E-state index contributed by atoms with van der Waals surface area (Å²) in [4.78, 5) is 15.1. The highest BCUT2D eigenvalue weighted by molar-refractivity contribution is 5.74. The average molecular weight is 238 g/mol. The number of hydrogen-bond acceptors (Lipinski definition) is 1. The minimum Gasteiger partial charge on any atom is -0.328 e. The van der Waals surface area contributed by atoms with E-state index in [2.05, 4.69) is 0 Å². The van der Waals surface area contributed by atoms with E-state index in [1.165, 1.54) is 6.07 Å². The van der Waals surface area contributed by atoms with Gasteiger partial charge in [0.25, 0.3) is 0 Å². The molecule has 0 heterocycles. The molecule has 2 amide bonds. The zero-order valence-electron chi connectivity index (χ0n) is 10.8. The lowest BCUT2D eigenvalue weighted by Gasteiger charge is -2.29. The third kappa shape index (κ3) is 2.96. The molecule has 1 unspecified atom stereocenters. The van der Waals surface area contributed by atoms with Crippen LogP contribution in [0.5, 0.6) is 0 Å². The predicted molar refractivity (Wildman–Crippen MR) is 66.3 cm³/mol. The molecule has 0 radical (unpaired) electrons. The van der Waals surface area contributed by atoms with Gasteiger partial charge in [-0.3, -0.25) is 0 Å². The first-order chi connectivity index (χ1) is 7.99. The zero-order valence-corrected chi connectivity index (χ0v) is 10.8. The number of urea groups is 1. The Hall–Kier alpha value is -1.58. The van der Waals surface area contributed by atoms with Gasteiger partial charge in [-0.25, -0.2) is 9.18 Å². The van der Waals surface area contributed by atoms with Crippen molar-refractivity contribution in [1.29, 1.82) is 0 Å². The van der Waals surface area contributed by atoms with Gasteiger partial charge in [-0.05, 0) is 19.9 Å². The first kappa shape index (κ1) is 13.5. The molecule has 0 aliphatic carbocycles. The topological polar surface area (TPSA) is 23.6 Å². The van der Waals surface area contributed by atoms with Crippen LogP contribution in [0.25, 0.3) is 0 Å². The molecule has 0 saturated carbocycles. The Balaban J connectivity index is 2.87. The molecule has 0 bridgehead atoms. The van der Waals surface area contributed by atoms with Crippen LogP contribution in [0.3, 0.4) is 0 Å². The summed E-state index contributed by atoms with van der Waals surface area (Å²) in [6, 6.07) is 6.15. The van der Waals surface area contributed by atoms with Crippen molar-refractivity contribution in [2.45, 2.75) is 19.9 Å². The molecule has 1 atom stereocenters. The molecule has 0 saturated heterocycles. The summed E-state index contributed by atoms with van der Waals surface area (Å²) in [6.45, 7) is 4.35. The van der Waals surface area contributed by atoms with Gasteiger partial charge in [-0.1, -0.05) is 18.2 Å². The normalized spacial score (nSPS) is 12.1. The van der Waals surface area contributed by atoms with Gasteiger partial charge in [0.2, 0.25) is 0 Å². The van der Waals surface area contributed by atoms with Crippen molar-refractivity contribution in [3.05, 3.63) is 35.6 Å². The van der Waals surface area contributed by atoms with E-state index in [-0.39, 0.29) is 17.9 Å². The lowest BCUT2D eigenvalue weighted by atomic mass is 10.1. The first-order valence-corrected chi connectivity index (χ1v) is 5.71. The van der Waals surface area contributed by atoms with Crippen molar-refractivity contribution < 1.29 is 9.18 Å². The number of benzene rings is 1. The Labute approximate surface area is 102 Å². The monoisotopic (exact) mass is 238 g/mol. The van der Waals surface area contributed by atoms with Gasteiger partial charge in [-0.2, -0.15) is 0 Å². The Morgan fingerprint density at radius 1 is 1.35 bits per heavy atom. The Bertz CT molecular complexity index is 395. The number of amides is 2. The van der Waals surface area contributed by atoms with E-state index in [0.29, 0.717) is 12.1 Å². The standard InChI is InChI=1S/C13H19FN2O/c1-5-15(3)13(17)16(4)10(2)11-8-6-7-9-12(11)14/h6-10H,5H2,1-4H3. The van der Waals surface area contributed by atoms with Crippen LogP contribution in [0.15, 0.2) is 24.3 Å². The van der Waals surface area contributed by atoms with Gasteiger partial charge in [0.05, 0.1) is 6.04 Å². The molecule has 3 nitrogen and oxygen atoms in total. The van der Waals surface area contributed by atoms with Crippen molar-refractivity contribution in [2.24, 2.45) is 0 Å². The predicted octanol–water partition coefficient (Wildman–Crippen LogP) is 2.89. The average Bonchev–Trinajstić information content (AvgIpc) is 2.35. The number of nitrogens with zero attached hydrogens (tertiary/aromatic N) is 2. The largest absolute Gasteiger partial charge is 0.328 e. The van der Waals surface area contributed by atoms with E-state index in [1.807, 2.05) is 13.8 Å². The molecule has 0 N–H and O–H groups in total. The lowest BCUT2D eigenvalue weighted by Crippen LogP contribution is -2.40. The molecular weight excluding hydrogens is 219 g/mol. The second-order valence-electron chi connectivity index (χ2n) is 4.11. The highest BCUT2D eigenvalue weighted by Gasteiger charge is 2.21. The van der Waals surface area contributed by atoms with E-state index in [1.54, 1.807) is 42.1 Å². The molecule has 0 aliphatic heterocycles. The fourth-order valence-electron chi connectivity index (χ4n) is 1.59. The van der Waals surface area contributed by atoms with Crippen LogP contribution in [-0.2, 0) is 0 Å². The second kappa shape index (κ2) is 5.66. The summed E-state index contributed by atoms with van der Waals surface area (Å²) in [5.41, 5.74) is 0.535. The van der Waals surface area contributed by atoms with E-state index in [9.17, 15) is 9.18 Å². The summed E-state index contributed by atoms with van der Waals surface area (Å²) in [5.74, 6) is -0.279. The number of carbonyl (C=O) groups is 1. The molecule has 1 aromatic carbocycles. The number of rotatable bonds is 3. The van der Waals surface area contributed by atoms with Crippen molar-refractivity contribution in [3.8, 4) is 0 Å². The molecule has 1 rings (SSSR count). The molecule has 0 aliphatic rings. The first-order valence-electron chi connectivity index (χ1n) is 5.71. The van der Waals surface area contributed by atoms with Gasteiger partial charge in [0, 0.05) is 26.2 Å². The summed E-state index contributed by atoms with van der Waals surface area (Å²) in [5, 5.41) is 0. The maximum Gasteiger partial charge on any atom is 0.319 e. The molecule has 4 heteroatoms. The van der Waals surface area contributed by atoms with Crippen molar-refractivity contribution in [3.63, 3.8) is 0 Å². The highest BCUT2D eigenvalue weighted by atomic mass is 19.1. The number of carbonyl (C=O) groups excluding carboxylic acids is 1. The maximum absolute atomic E-state index is 13.6. The lowest BCUT2D eigenvalue weighted by molar-refractivity contribution is 0.160. The molecule has 17 heavy (non-hydrogen) atoms. The van der Waals surface area contributed by atoms with Gasteiger partial charge in [0.15, 0.2) is 0 Å². The van der Waals surface area contributed by atoms with Crippen LogP contribution in [-0.4, -0.2) is 36.5 Å². The third-order valence-corrected chi connectivity index (χ3v) is 3.04. The second-order valence-corrected chi connectivity index (χ2v) is 4.11. The minimum absolute atomic E-state index is 0.108. The van der Waals surface area contributed by atoms with Gasteiger partial charge in [-0.15, -0.1) is 0 Å². The van der Waals surface area contributed by atoms with Crippen LogP contribution in [0, 0.1) is 5.82 Å². The van der Waals surface area contributed by atoms with Crippen LogP contribution in [0.1, 0.15) is 25.5 Å². The molecule has 94 valence electrons. The highest BCUT2D eigenvalue weighted by Crippen LogP contribution is 2.22. The molecule has 0 fully saturated rings. The number of halogens is 1. The van der Waals surface area contributed by atoms with Crippen molar-refractivity contribution >= 4 is 6.03 Å². The molecule has 1 aromatic rings. The summed E-state index contributed by atoms with van der Waals surface area (Å²) in [7, 11) is 3.42. The van der Waals surface area contributed by atoms with Crippen molar-refractivity contribution in [2.75, 3.05) is 20.6 Å². The summed E-state index contributed by atoms with van der Waals surface area (Å²) >= 11 is 0. The van der Waals surface area contributed by atoms with Crippen LogP contribution in [0.4, 0.5) is 9.18 Å². The maximum atomic E-state index is 13.6. The number of hydrogen-bond donors (Lipinski definition) is 0. The Morgan fingerprint density at radius 2 is 1.94 bits per heavy atom. The third-order valence-electron chi connectivity index (χ3n) is 3.04. The smallest absolute Gasteiger partial charge is 0.319 e. The van der Waals surface area contributed by atoms with Gasteiger partial charge < -0.3 is 9.80 Å². The summed E-state index contributed by atoms with van der Waals surface area (Å²) in [6.07, 6.45) is 0. The summed E-state index contributed by atoms with van der Waals surface area (Å²) < 4.78 is 13.6. The van der Waals surface area contributed by atoms with E-state index < -0.39 is 0 Å². The van der Waals surface area contributed by atoms with Gasteiger partial charge >= 0.3 is 6.03 Å². The molecule has 0 spiro atoms. The van der Waals surface area contributed by atoms with Crippen LogP contribution < -0.4 is 0 Å². The van der Waals surface area contributed by atoms with Crippen LogP contribution >= 0.6 is 0 Å². The fraction of sp³-hybridized carbons (Fsp3) is 0.462. The van der Waals surface area contributed by atoms with E-state index in [0.717, 1.165) is 0 Å². The SMILES string of the molecule is CCN(C)C(=O)N(C)C(C)c1ccccc1F. The van der Waals surface area contributed by atoms with E-state index >= 15 is 0 Å². The quantitative estimate of drug-likeness (QED) is 0.794. The van der Waals surface area contributed by atoms with Gasteiger partial charge in [0.1, 0.15) is 5.82 Å². The van der Waals surface area contributed by atoms with Crippen LogP contribution in [0.2, 0.25) is 0 Å². The fourth-order valence-corrected chi connectivity index (χ4v) is 1.59. The minimum atomic E-state index is -0.280. The van der Waals surface area contributed by atoms with Crippen molar-refractivity contribution in [1.82, 2.24) is 9.80 Å². The Kier molecular flexibility index (Phi) is 4.49. The Morgan fingerprint density at radius 3 is 2.47 bits per heavy atom. The zero-order chi connectivity index (χ0) is 13.0. The molecule has 0 aromatic heterocycles. The molecular formula is C13H19FN2O.